The molecule has 1 unspecified atom stereocenters. The quantitative estimate of drug-likeness (QED) is 0.177. The fourth-order valence-electron chi connectivity index (χ4n) is 2.64. The van der Waals surface area contributed by atoms with Gasteiger partial charge < -0.3 is 29.0 Å². The van der Waals surface area contributed by atoms with E-state index in [9.17, 15) is 14.4 Å². The minimum atomic E-state index is -0.726. The van der Waals surface area contributed by atoms with Crippen LogP contribution in [0.2, 0.25) is 0 Å². The predicted molar refractivity (Wildman–Crippen MR) is 128 cm³/mol. The molecule has 0 bridgehead atoms. The predicted octanol–water partition coefficient (Wildman–Crippen LogP) is 3.59. The summed E-state index contributed by atoms with van der Waals surface area (Å²) in [6.07, 6.45) is 1.20. The molecule has 1 N–H and O–H groups in total. The largest absolute Gasteiger partial charge is 0.490 e. The number of carbonyl (C=O) groups is 3. The van der Waals surface area contributed by atoms with Crippen LogP contribution in [-0.2, 0) is 30.4 Å². The second-order valence-corrected chi connectivity index (χ2v) is 7.07. The molecule has 9 nitrogen and oxygen atoms in total. The highest BCUT2D eigenvalue weighted by molar-refractivity contribution is 5.81. The van der Waals surface area contributed by atoms with Crippen molar-refractivity contribution in [3.05, 3.63) is 85.5 Å². The van der Waals surface area contributed by atoms with Crippen molar-refractivity contribution in [1.29, 1.82) is 0 Å². The van der Waals surface area contributed by atoms with E-state index in [1.165, 1.54) is 0 Å². The maximum atomic E-state index is 12.2. The van der Waals surface area contributed by atoms with Gasteiger partial charge in [-0.05, 0) is 36.2 Å². The van der Waals surface area contributed by atoms with Crippen molar-refractivity contribution in [3.8, 4) is 11.5 Å². The molecular formula is C26H29NO8. The molecule has 0 aromatic heterocycles. The molecule has 0 aliphatic carbocycles. The molecule has 0 fully saturated rings. The lowest BCUT2D eigenvalue weighted by molar-refractivity contribution is -0.139. The number of esters is 2. The lowest BCUT2D eigenvalue weighted by Gasteiger charge is -2.19. The van der Waals surface area contributed by atoms with Crippen LogP contribution in [0, 0.1) is 0 Å². The van der Waals surface area contributed by atoms with Gasteiger partial charge >= 0.3 is 18.0 Å². The summed E-state index contributed by atoms with van der Waals surface area (Å²) < 4.78 is 26.9. The third-order valence-electron chi connectivity index (χ3n) is 4.34. The lowest BCUT2D eigenvalue weighted by atomic mass is 10.2. The van der Waals surface area contributed by atoms with Crippen molar-refractivity contribution in [1.82, 2.24) is 5.32 Å². The fourth-order valence-corrected chi connectivity index (χ4v) is 2.64. The van der Waals surface area contributed by atoms with Crippen LogP contribution in [0.1, 0.15) is 12.0 Å². The first-order valence-corrected chi connectivity index (χ1v) is 10.9. The van der Waals surface area contributed by atoms with Gasteiger partial charge in [-0.3, -0.25) is 0 Å². The Kier molecular flexibility index (Phi) is 12.0. The van der Waals surface area contributed by atoms with Crippen LogP contribution in [-0.4, -0.2) is 50.5 Å². The van der Waals surface area contributed by atoms with Gasteiger partial charge in [0.25, 0.3) is 0 Å². The zero-order chi connectivity index (χ0) is 25.3. The minimum absolute atomic E-state index is 0.0209. The first-order valence-electron chi connectivity index (χ1n) is 10.9. The van der Waals surface area contributed by atoms with E-state index in [1.54, 1.807) is 36.4 Å². The number of rotatable bonds is 15. The molecule has 0 aliphatic rings. The summed E-state index contributed by atoms with van der Waals surface area (Å²) >= 11 is 0. The number of carbonyl (C=O) groups excluding carboxylic acids is 3. The number of nitrogens with one attached hydrogen (secondary N) is 1. The van der Waals surface area contributed by atoms with Gasteiger partial charge in [0.15, 0.2) is 6.10 Å². The zero-order valence-electron chi connectivity index (χ0n) is 19.4. The van der Waals surface area contributed by atoms with Gasteiger partial charge in [0.2, 0.25) is 0 Å². The first-order chi connectivity index (χ1) is 17.0. The van der Waals surface area contributed by atoms with E-state index in [0.717, 1.165) is 17.7 Å². The molecule has 0 spiro atoms. The van der Waals surface area contributed by atoms with Crippen LogP contribution in [0.4, 0.5) is 4.79 Å². The molecule has 0 aliphatic heterocycles. The van der Waals surface area contributed by atoms with Crippen LogP contribution >= 0.6 is 0 Å². The van der Waals surface area contributed by atoms with E-state index < -0.39 is 24.1 Å². The average molecular weight is 484 g/mol. The second-order valence-electron chi connectivity index (χ2n) is 7.07. The van der Waals surface area contributed by atoms with Crippen molar-refractivity contribution >= 4 is 18.0 Å². The van der Waals surface area contributed by atoms with Gasteiger partial charge in [-0.15, -0.1) is 0 Å². The molecule has 0 saturated carbocycles. The fraction of sp³-hybridized carbons (Fsp3) is 0.269. The molecule has 2 rings (SSSR count). The second kappa shape index (κ2) is 15.5. The number of hydrogen-bond acceptors (Lipinski definition) is 8. The highest BCUT2D eigenvalue weighted by Gasteiger charge is 2.17. The summed E-state index contributed by atoms with van der Waals surface area (Å²) in [5.41, 5.74) is 0.727. The smallest absolute Gasteiger partial charge is 0.407 e. The van der Waals surface area contributed by atoms with Gasteiger partial charge in [0.05, 0.1) is 6.61 Å². The topological polar surface area (TPSA) is 109 Å². The van der Waals surface area contributed by atoms with E-state index in [-0.39, 0.29) is 33.0 Å². The SMILES string of the molecule is C=CC(=O)OCCCNC(=O)OC(COc1ccccc1)COc1cccc(COC(=O)C=C)c1. The third kappa shape index (κ3) is 11.4. The van der Waals surface area contributed by atoms with E-state index in [2.05, 4.69) is 18.5 Å². The number of para-hydroxylation sites is 1. The molecule has 1 amide bonds. The normalized spacial score (nSPS) is 10.9. The number of hydrogen-bond donors (Lipinski definition) is 1. The lowest BCUT2D eigenvalue weighted by Crippen LogP contribution is -2.36. The van der Waals surface area contributed by atoms with E-state index in [0.29, 0.717) is 17.9 Å². The van der Waals surface area contributed by atoms with E-state index in [4.69, 9.17) is 23.7 Å². The standard InChI is InChI=1S/C26H29NO8/c1-3-24(28)31-15-9-14-27-26(30)35-23(18-32-21-11-6-5-7-12-21)19-33-22-13-8-10-20(16-22)17-34-25(29)4-2/h3-8,10-13,16,23H,1-2,9,14-15,17-19H2,(H,27,30). The molecule has 0 saturated heterocycles. The Balaban J connectivity index is 1.88. The van der Waals surface area contributed by atoms with Crippen molar-refractivity contribution in [3.63, 3.8) is 0 Å². The number of ether oxygens (including phenoxy) is 5. The first kappa shape index (κ1) is 27.0. The van der Waals surface area contributed by atoms with Crippen molar-refractivity contribution in [2.45, 2.75) is 19.1 Å². The van der Waals surface area contributed by atoms with Gasteiger partial charge in [-0.25, -0.2) is 14.4 Å². The van der Waals surface area contributed by atoms with Crippen LogP contribution in [0.15, 0.2) is 79.9 Å². The van der Waals surface area contributed by atoms with Gasteiger partial charge in [0.1, 0.15) is 31.3 Å². The zero-order valence-corrected chi connectivity index (χ0v) is 19.4. The van der Waals surface area contributed by atoms with Crippen LogP contribution in [0.5, 0.6) is 11.5 Å². The van der Waals surface area contributed by atoms with Gasteiger partial charge in [-0.2, -0.15) is 0 Å². The Hall–Kier alpha value is -4.27. The summed E-state index contributed by atoms with van der Waals surface area (Å²) in [7, 11) is 0. The molecule has 2 aromatic carbocycles. The van der Waals surface area contributed by atoms with Gasteiger partial charge in [-0.1, -0.05) is 43.5 Å². The average Bonchev–Trinajstić information content (AvgIpc) is 2.89. The van der Waals surface area contributed by atoms with Crippen molar-refractivity contribution in [2.24, 2.45) is 0 Å². The third-order valence-corrected chi connectivity index (χ3v) is 4.34. The molecule has 1 atom stereocenters. The molecule has 35 heavy (non-hydrogen) atoms. The maximum absolute atomic E-state index is 12.2. The summed E-state index contributed by atoms with van der Waals surface area (Å²) in [4.78, 5) is 34.5. The van der Waals surface area contributed by atoms with E-state index in [1.807, 2.05) is 18.2 Å². The summed E-state index contributed by atoms with van der Waals surface area (Å²) in [6.45, 7) is 7.22. The Morgan fingerprint density at radius 1 is 0.857 bits per heavy atom. The Labute approximate surface area is 204 Å². The number of benzene rings is 2. The van der Waals surface area contributed by atoms with E-state index >= 15 is 0 Å². The molecular weight excluding hydrogens is 454 g/mol. The van der Waals surface area contributed by atoms with Crippen molar-refractivity contribution in [2.75, 3.05) is 26.4 Å². The molecule has 9 heteroatoms. The minimum Gasteiger partial charge on any atom is -0.490 e. The Morgan fingerprint density at radius 2 is 1.51 bits per heavy atom. The highest BCUT2D eigenvalue weighted by Crippen LogP contribution is 2.16. The number of alkyl carbamates (subject to hydrolysis) is 1. The summed E-state index contributed by atoms with van der Waals surface area (Å²) in [6, 6.07) is 16.1. The van der Waals surface area contributed by atoms with Crippen LogP contribution in [0.3, 0.4) is 0 Å². The highest BCUT2D eigenvalue weighted by atomic mass is 16.6. The monoisotopic (exact) mass is 483 g/mol. The number of amides is 1. The Morgan fingerprint density at radius 3 is 2.23 bits per heavy atom. The van der Waals surface area contributed by atoms with Crippen LogP contribution in [0.25, 0.3) is 0 Å². The molecule has 2 aromatic rings. The maximum Gasteiger partial charge on any atom is 0.407 e. The Bertz CT molecular complexity index is 976. The van der Waals surface area contributed by atoms with Gasteiger partial charge in [0, 0.05) is 18.7 Å². The molecule has 186 valence electrons. The molecule has 0 radical (unpaired) electrons. The van der Waals surface area contributed by atoms with Crippen molar-refractivity contribution < 1.29 is 38.1 Å². The summed E-state index contributed by atoms with van der Waals surface area (Å²) in [5.74, 6) is 0.0880. The van der Waals surface area contributed by atoms with Crippen LogP contribution < -0.4 is 14.8 Å². The summed E-state index contributed by atoms with van der Waals surface area (Å²) in [5, 5.41) is 2.60. The molecule has 0 heterocycles.